The van der Waals surface area contributed by atoms with Crippen LogP contribution in [-0.2, 0) is 11.3 Å². The maximum Gasteiger partial charge on any atom is 0.0895 e. The third-order valence-electron chi connectivity index (χ3n) is 4.90. The van der Waals surface area contributed by atoms with Gasteiger partial charge in [-0.1, -0.05) is 42.5 Å². The molecular weight excluding hydrogens is 274 g/mol. The SMILES string of the molecule is OCc1ccc(C2Nc3ccccc3C3OCCCC23)cc1. The minimum Gasteiger partial charge on any atom is -0.392 e. The molecule has 3 atom stereocenters. The van der Waals surface area contributed by atoms with Crippen LogP contribution < -0.4 is 5.32 Å². The zero-order valence-electron chi connectivity index (χ0n) is 12.5. The Bertz CT molecular complexity index is 653. The van der Waals surface area contributed by atoms with Gasteiger partial charge in [0, 0.05) is 23.8 Å². The van der Waals surface area contributed by atoms with Crippen molar-refractivity contribution in [2.75, 3.05) is 11.9 Å². The van der Waals surface area contributed by atoms with Crippen molar-refractivity contribution in [2.45, 2.75) is 31.6 Å². The molecule has 0 amide bonds. The van der Waals surface area contributed by atoms with Crippen LogP contribution in [0.5, 0.6) is 0 Å². The molecule has 22 heavy (non-hydrogen) atoms. The second-order valence-electron chi connectivity index (χ2n) is 6.21. The van der Waals surface area contributed by atoms with E-state index in [2.05, 4.69) is 41.7 Å². The first kappa shape index (κ1) is 13.8. The molecule has 0 saturated carbocycles. The molecule has 3 unspecified atom stereocenters. The van der Waals surface area contributed by atoms with Crippen LogP contribution in [0.1, 0.15) is 41.7 Å². The molecule has 0 spiro atoms. The van der Waals surface area contributed by atoms with Crippen LogP contribution in [0, 0.1) is 5.92 Å². The number of aliphatic hydroxyl groups excluding tert-OH is 1. The van der Waals surface area contributed by atoms with E-state index in [0.29, 0.717) is 5.92 Å². The van der Waals surface area contributed by atoms with Crippen LogP contribution in [0.25, 0.3) is 0 Å². The van der Waals surface area contributed by atoms with Gasteiger partial charge < -0.3 is 15.2 Å². The van der Waals surface area contributed by atoms with E-state index in [1.807, 2.05) is 12.1 Å². The predicted octanol–water partition coefficient (Wildman–Crippen LogP) is 3.81. The number of rotatable bonds is 2. The lowest BCUT2D eigenvalue weighted by Crippen LogP contribution is -2.35. The van der Waals surface area contributed by atoms with E-state index in [1.54, 1.807) is 0 Å². The van der Waals surface area contributed by atoms with Crippen molar-refractivity contribution >= 4 is 5.69 Å². The normalized spacial score (nSPS) is 26.7. The van der Waals surface area contributed by atoms with E-state index in [4.69, 9.17) is 4.74 Å². The molecule has 2 aromatic rings. The number of benzene rings is 2. The van der Waals surface area contributed by atoms with Crippen LogP contribution in [0.4, 0.5) is 5.69 Å². The van der Waals surface area contributed by atoms with Gasteiger partial charge in [-0.3, -0.25) is 0 Å². The summed E-state index contributed by atoms with van der Waals surface area (Å²) in [4.78, 5) is 0. The Hall–Kier alpha value is -1.84. The van der Waals surface area contributed by atoms with E-state index in [1.165, 1.54) is 23.2 Å². The summed E-state index contributed by atoms with van der Waals surface area (Å²) in [5, 5.41) is 12.9. The van der Waals surface area contributed by atoms with Crippen molar-refractivity contribution in [3.8, 4) is 0 Å². The van der Waals surface area contributed by atoms with Gasteiger partial charge in [-0.25, -0.2) is 0 Å². The molecule has 0 aliphatic carbocycles. The molecule has 2 aliphatic heterocycles. The van der Waals surface area contributed by atoms with E-state index < -0.39 is 0 Å². The quantitative estimate of drug-likeness (QED) is 0.885. The zero-order chi connectivity index (χ0) is 14.9. The fourth-order valence-electron chi connectivity index (χ4n) is 3.78. The summed E-state index contributed by atoms with van der Waals surface area (Å²) >= 11 is 0. The molecule has 4 rings (SSSR count). The van der Waals surface area contributed by atoms with Gasteiger partial charge in [-0.05, 0) is 30.0 Å². The average molecular weight is 295 g/mol. The first-order valence-corrected chi connectivity index (χ1v) is 8.03. The number of para-hydroxylation sites is 1. The Morgan fingerprint density at radius 2 is 1.91 bits per heavy atom. The Kier molecular flexibility index (Phi) is 3.60. The second kappa shape index (κ2) is 5.75. The Morgan fingerprint density at radius 1 is 1.09 bits per heavy atom. The number of hydrogen-bond donors (Lipinski definition) is 2. The van der Waals surface area contributed by atoms with Gasteiger partial charge in [0.05, 0.1) is 18.8 Å². The second-order valence-corrected chi connectivity index (χ2v) is 6.21. The molecule has 1 saturated heterocycles. The fourth-order valence-corrected chi connectivity index (χ4v) is 3.78. The van der Waals surface area contributed by atoms with Crippen molar-refractivity contribution in [1.82, 2.24) is 0 Å². The molecule has 2 N–H and O–H groups in total. The highest BCUT2D eigenvalue weighted by Gasteiger charge is 2.39. The van der Waals surface area contributed by atoms with Gasteiger partial charge in [-0.2, -0.15) is 0 Å². The lowest BCUT2D eigenvalue weighted by molar-refractivity contribution is -0.0381. The molecule has 0 aromatic heterocycles. The number of aliphatic hydroxyl groups is 1. The van der Waals surface area contributed by atoms with Crippen molar-refractivity contribution in [3.05, 3.63) is 65.2 Å². The molecule has 3 heteroatoms. The van der Waals surface area contributed by atoms with Crippen molar-refractivity contribution in [1.29, 1.82) is 0 Å². The smallest absolute Gasteiger partial charge is 0.0895 e. The van der Waals surface area contributed by atoms with Crippen molar-refractivity contribution < 1.29 is 9.84 Å². The van der Waals surface area contributed by atoms with Gasteiger partial charge in [0.15, 0.2) is 0 Å². The van der Waals surface area contributed by atoms with E-state index >= 15 is 0 Å². The summed E-state index contributed by atoms with van der Waals surface area (Å²) in [6.07, 6.45) is 2.49. The van der Waals surface area contributed by atoms with Gasteiger partial charge >= 0.3 is 0 Å². The van der Waals surface area contributed by atoms with Gasteiger partial charge in [-0.15, -0.1) is 0 Å². The summed E-state index contributed by atoms with van der Waals surface area (Å²) < 4.78 is 6.12. The molecule has 2 aliphatic rings. The monoisotopic (exact) mass is 295 g/mol. The minimum absolute atomic E-state index is 0.0936. The van der Waals surface area contributed by atoms with Crippen molar-refractivity contribution in [3.63, 3.8) is 0 Å². The van der Waals surface area contributed by atoms with Gasteiger partial charge in [0.2, 0.25) is 0 Å². The fraction of sp³-hybridized carbons (Fsp3) is 0.368. The minimum atomic E-state index is 0.0936. The molecule has 3 nitrogen and oxygen atoms in total. The summed E-state index contributed by atoms with van der Waals surface area (Å²) in [6, 6.07) is 17.0. The summed E-state index contributed by atoms with van der Waals surface area (Å²) in [5.74, 6) is 0.462. The molecule has 2 aromatic carbocycles. The molecule has 114 valence electrons. The van der Waals surface area contributed by atoms with Crippen LogP contribution in [0.2, 0.25) is 0 Å². The number of fused-ring (bicyclic) bond motifs is 3. The predicted molar refractivity (Wildman–Crippen MR) is 86.6 cm³/mol. The summed E-state index contributed by atoms with van der Waals surface area (Å²) in [7, 11) is 0. The number of anilines is 1. The van der Waals surface area contributed by atoms with Crippen LogP contribution in [0.3, 0.4) is 0 Å². The van der Waals surface area contributed by atoms with Crippen LogP contribution in [-0.4, -0.2) is 11.7 Å². The lowest BCUT2D eigenvalue weighted by atomic mass is 9.77. The standard InChI is InChI=1S/C19H21NO2/c21-12-13-7-9-14(10-8-13)18-16-5-3-11-22-19(16)15-4-1-2-6-17(15)20-18/h1-2,4,6-10,16,18-21H,3,5,11-12H2. The number of hydrogen-bond acceptors (Lipinski definition) is 3. The largest absolute Gasteiger partial charge is 0.392 e. The van der Waals surface area contributed by atoms with Gasteiger partial charge in [0.1, 0.15) is 0 Å². The highest BCUT2D eigenvalue weighted by Crippen LogP contribution is 2.48. The number of ether oxygens (including phenoxy) is 1. The molecular formula is C19H21NO2. The summed E-state index contributed by atoms with van der Waals surface area (Å²) in [5.41, 5.74) is 4.70. The molecule has 2 heterocycles. The van der Waals surface area contributed by atoms with Gasteiger partial charge in [0.25, 0.3) is 0 Å². The topological polar surface area (TPSA) is 41.5 Å². The third kappa shape index (κ3) is 2.31. The maximum atomic E-state index is 9.22. The first-order valence-electron chi connectivity index (χ1n) is 8.03. The molecule has 1 fully saturated rings. The van der Waals surface area contributed by atoms with Crippen molar-refractivity contribution in [2.24, 2.45) is 5.92 Å². The number of nitrogens with one attached hydrogen (secondary N) is 1. The highest BCUT2D eigenvalue weighted by molar-refractivity contribution is 5.57. The first-order chi connectivity index (χ1) is 10.9. The summed E-state index contributed by atoms with van der Waals surface area (Å²) in [6.45, 7) is 0.946. The Balaban J connectivity index is 1.72. The maximum absolute atomic E-state index is 9.22. The molecule has 0 bridgehead atoms. The zero-order valence-corrected chi connectivity index (χ0v) is 12.5. The Labute approximate surface area is 130 Å². The molecule has 0 radical (unpaired) electrons. The van der Waals surface area contributed by atoms with E-state index in [-0.39, 0.29) is 18.8 Å². The average Bonchev–Trinajstić information content (AvgIpc) is 2.61. The third-order valence-corrected chi connectivity index (χ3v) is 4.90. The Morgan fingerprint density at radius 3 is 2.73 bits per heavy atom. The van der Waals surface area contributed by atoms with Crippen LogP contribution in [0.15, 0.2) is 48.5 Å². The highest BCUT2D eigenvalue weighted by atomic mass is 16.5. The van der Waals surface area contributed by atoms with E-state index in [0.717, 1.165) is 18.6 Å². The van der Waals surface area contributed by atoms with E-state index in [9.17, 15) is 5.11 Å². The van der Waals surface area contributed by atoms with Crippen LogP contribution >= 0.6 is 0 Å². The lowest BCUT2D eigenvalue weighted by Gasteiger charge is -2.43.